The lowest BCUT2D eigenvalue weighted by atomic mass is 9.76. The molecule has 0 bridgehead atoms. The predicted molar refractivity (Wildman–Crippen MR) is 138 cm³/mol. The van der Waals surface area contributed by atoms with Gasteiger partial charge in [-0.05, 0) is 49.8 Å². The standard InChI is InChI=1S/C27H35N5O4/c1-17-14-31(25(34)16-36-17)15-24(33)32(9-10-35-4)19-6-5-18-11-22(28-21(18)12-19)26-20-7-8-27(2,3)13-23(20)29-30-26/h5-6,11-12,17,28H,7-10,13-16H2,1-4H3,(H,29,30)/t17-/m0/s1. The third-order valence-electron chi connectivity index (χ3n) is 7.30. The first-order valence-corrected chi connectivity index (χ1v) is 12.6. The van der Waals surface area contributed by atoms with Gasteiger partial charge < -0.3 is 24.3 Å². The Hall–Kier alpha value is -3.17. The van der Waals surface area contributed by atoms with Crippen molar-refractivity contribution in [2.24, 2.45) is 5.41 Å². The molecule has 1 atom stereocenters. The van der Waals surface area contributed by atoms with Crippen molar-refractivity contribution in [2.45, 2.75) is 46.1 Å². The van der Waals surface area contributed by atoms with E-state index in [2.05, 4.69) is 35.1 Å². The maximum Gasteiger partial charge on any atom is 0.249 e. The van der Waals surface area contributed by atoms with Crippen molar-refractivity contribution >= 4 is 28.4 Å². The number of anilines is 1. The first-order chi connectivity index (χ1) is 17.2. The van der Waals surface area contributed by atoms with Gasteiger partial charge in [-0.3, -0.25) is 14.7 Å². The van der Waals surface area contributed by atoms with Crippen LogP contribution in [0.1, 0.15) is 38.4 Å². The average molecular weight is 494 g/mol. The maximum absolute atomic E-state index is 13.3. The van der Waals surface area contributed by atoms with E-state index in [4.69, 9.17) is 9.47 Å². The highest BCUT2D eigenvalue weighted by Gasteiger charge is 2.30. The molecule has 1 aliphatic carbocycles. The largest absolute Gasteiger partial charge is 0.383 e. The second-order valence-corrected chi connectivity index (χ2v) is 10.8. The summed E-state index contributed by atoms with van der Waals surface area (Å²) in [5.41, 5.74) is 6.45. The van der Waals surface area contributed by atoms with Gasteiger partial charge in [-0.15, -0.1) is 0 Å². The smallest absolute Gasteiger partial charge is 0.249 e. The number of aromatic amines is 2. The zero-order valence-electron chi connectivity index (χ0n) is 21.5. The van der Waals surface area contributed by atoms with Crippen LogP contribution >= 0.6 is 0 Å². The van der Waals surface area contributed by atoms with Gasteiger partial charge in [-0.2, -0.15) is 5.10 Å². The second kappa shape index (κ2) is 9.71. The summed E-state index contributed by atoms with van der Waals surface area (Å²) >= 11 is 0. The van der Waals surface area contributed by atoms with Gasteiger partial charge in [0.25, 0.3) is 0 Å². The van der Waals surface area contributed by atoms with Crippen LogP contribution in [0.5, 0.6) is 0 Å². The van der Waals surface area contributed by atoms with Gasteiger partial charge in [0, 0.05) is 48.0 Å². The number of hydrogen-bond acceptors (Lipinski definition) is 5. The number of H-pyrrole nitrogens is 2. The Kier molecular flexibility index (Phi) is 6.61. The van der Waals surface area contributed by atoms with Crippen LogP contribution in [0, 0.1) is 5.41 Å². The molecule has 0 radical (unpaired) electrons. The summed E-state index contributed by atoms with van der Waals surface area (Å²) in [4.78, 5) is 32.4. The lowest BCUT2D eigenvalue weighted by Crippen LogP contribution is -2.50. The predicted octanol–water partition coefficient (Wildman–Crippen LogP) is 3.30. The molecule has 5 rings (SSSR count). The van der Waals surface area contributed by atoms with E-state index in [-0.39, 0.29) is 36.5 Å². The van der Waals surface area contributed by atoms with Gasteiger partial charge in [0.1, 0.15) is 18.8 Å². The zero-order chi connectivity index (χ0) is 25.4. The van der Waals surface area contributed by atoms with E-state index in [1.54, 1.807) is 16.9 Å². The number of carbonyl (C=O) groups excluding carboxylic acids is 2. The molecule has 2 amide bonds. The third kappa shape index (κ3) is 4.90. The van der Waals surface area contributed by atoms with Crippen molar-refractivity contribution in [1.29, 1.82) is 0 Å². The maximum atomic E-state index is 13.3. The number of carbonyl (C=O) groups is 2. The summed E-state index contributed by atoms with van der Waals surface area (Å²) in [6, 6.07) is 8.06. The topological polar surface area (TPSA) is 104 Å². The van der Waals surface area contributed by atoms with Gasteiger partial charge >= 0.3 is 0 Å². The number of nitrogens with zero attached hydrogens (tertiary/aromatic N) is 3. The number of hydrogen-bond donors (Lipinski definition) is 2. The Morgan fingerprint density at radius 1 is 1.33 bits per heavy atom. The normalized spacial score (nSPS) is 19.5. The Balaban J connectivity index is 1.41. The minimum absolute atomic E-state index is 0.0120. The van der Waals surface area contributed by atoms with Crippen LogP contribution in [-0.4, -0.2) is 78.0 Å². The summed E-state index contributed by atoms with van der Waals surface area (Å²) < 4.78 is 10.7. The minimum Gasteiger partial charge on any atom is -0.383 e. The first-order valence-electron chi connectivity index (χ1n) is 12.6. The first kappa shape index (κ1) is 24.5. The van der Waals surface area contributed by atoms with E-state index in [0.717, 1.165) is 47.2 Å². The van der Waals surface area contributed by atoms with E-state index >= 15 is 0 Å². The number of morpholine rings is 1. The van der Waals surface area contributed by atoms with Crippen LogP contribution in [0.3, 0.4) is 0 Å². The summed E-state index contributed by atoms with van der Waals surface area (Å²) in [6.07, 6.45) is 3.06. The molecule has 0 saturated carbocycles. The molecule has 9 nitrogen and oxygen atoms in total. The molecule has 1 fully saturated rings. The third-order valence-corrected chi connectivity index (χ3v) is 7.30. The molecule has 1 aromatic carbocycles. The Bertz CT molecular complexity index is 1280. The summed E-state index contributed by atoms with van der Waals surface area (Å²) in [5.74, 6) is -0.312. The van der Waals surface area contributed by atoms with Crippen LogP contribution in [0.2, 0.25) is 0 Å². The Morgan fingerprint density at radius 3 is 2.97 bits per heavy atom. The zero-order valence-corrected chi connectivity index (χ0v) is 21.5. The minimum atomic E-state index is -0.164. The van der Waals surface area contributed by atoms with Crippen LogP contribution in [0.4, 0.5) is 5.69 Å². The molecule has 192 valence electrons. The highest BCUT2D eigenvalue weighted by molar-refractivity contribution is 5.99. The molecular formula is C27H35N5O4. The van der Waals surface area contributed by atoms with Gasteiger partial charge in [0.05, 0.1) is 18.4 Å². The monoisotopic (exact) mass is 493 g/mol. The number of methoxy groups -OCH3 is 1. The molecule has 0 unspecified atom stereocenters. The fourth-order valence-electron chi connectivity index (χ4n) is 5.23. The van der Waals surface area contributed by atoms with Crippen molar-refractivity contribution < 1.29 is 19.1 Å². The molecule has 2 aliphatic rings. The van der Waals surface area contributed by atoms with Gasteiger partial charge in [-0.1, -0.05) is 19.9 Å². The fraction of sp³-hybridized carbons (Fsp3) is 0.519. The number of rotatable bonds is 7. The van der Waals surface area contributed by atoms with Crippen molar-refractivity contribution in [3.8, 4) is 11.4 Å². The van der Waals surface area contributed by atoms with Crippen LogP contribution in [0.25, 0.3) is 22.3 Å². The molecule has 36 heavy (non-hydrogen) atoms. The number of ether oxygens (including phenoxy) is 2. The van der Waals surface area contributed by atoms with E-state index in [0.29, 0.717) is 19.7 Å². The van der Waals surface area contributed by atoms with Gasteiger partial charge in [0.2, 0.25) is 11.8 Å². The molecule has 2 N–H and O–H groups in total. The Morgan fingerprint density at radius 2 is 2.17 bits per heavy atom. The van der Waals surface area contributed by atoms with E-state index in [1.165, 1.54) is 11.3 Å². The summed E-state index contributed by atoms with van der Waals surface area (Å²) in [5, 5.41) is 8.96. The van der Waals surface area contributed by atoms with E-state index in [1.807, 2.05) is 25.1 Å². The molecule has 3 aromatic rings. The molecule has 1 saturated heterocycles. The molecule has 0 spiro atoms. The summed E-state index contributed by atoms with van der Waals surface area (Å²) in [7, 11) is 1.61. The van der Waals surface area contributed by atoms with Crippen LogP contribution in [0.15, 0.2) is 24.3 Å². The number of fused-ring (bicyclic) bond motifs is 2. The van der Waals surface area contributed by atoms with E-state index in [9.17, 15) is 9.59 Å². The number of nitrogens with one attached hydrogen (secondary N) is 2. The van der Waals surface area contributed by atoms with Crippen molar-refractivity contribution in [3.63, 3.8) is 0 Å². The van der Waals surface area contributed by atoms with Crippen molar-refractivity contribution in [1.82, 2.24) is 20.1 Å². The molecular weight excluding hydrogens is 458 g/mol. The Labute approximate surface area is 211 Å². The lowest BCUT2D eigenvalue weighted by molar-refractivity contribution is -0.150. The molecule has 1 aliphatic heterocycles. The van der Waals surface area contributed by atoms with Crippen LogP contribution in [-0.2, 0) is 31.9 Å². The highest BCUT2D eigenvalue weighted by Crippen LogP contribution is 2.38. The average Bonchev–Trinajstić information content (AvgIpc) is 3.44. The van der Waals surface area contributed by atoms with Crippen LogP contribution < -0.4 is 4.90 Å². The number of aromatic nitrogens is 3. The van der Waals surface area contributed by atoms with E-state index < -0.39 is 0 Å². The lowest BCUT2D eigenvalue weighted by Gasteiger charge is -2.32. The molecule has 3 heterocycles. The van der Waals surface area contributed by atoms with Gasteiger partial charge in [0.15, 0.2) is 0 Å². The molecule has 9 heteroatoms. The quantitative estimate of drug-likeness (QED) is 0.526. The van der Waals surface area contributed by atoms with Crippen molar-refractivity contribution in [2.75, 3.05) is 44.9 Å². The number of benzene rings is 1. The fourth-order valence-corrected chi connectivity index (χ4v) is 5.23. The second-order valence-electron chi connectivity index (χ2n) is 10.8. The number of amides is 2. The van der Waals surface area contributed by atoms with Crippen molar-refractivity contribution in [3.05, 3.63) is 35.5 Å². The molecule has 2 aromatic heterocycles. The SMILES string of the molecule is COCCN(C(=O)CN1C[C@H](C)OCC1=O)c1ccc2cc(-c3n[nH]c4c3CCC(C)(C)C4)[nH]c2c1. The highest BCUT2D eigenvalue weighted by atomic mass is 16.5. The van der Waals surface area contributed by atoms with Gasteiger partial charge in [-0.25, -0.2) is 0 Å². The summed E-state index contributed by atoms with van der Waals surface area (Å²) in [6.45, 7) is 7.72.